The molecular weight excluding hydrogens is 196 g/mol. The van der Waals surface area contributed by atoms with Gasteiger partial charge in [-0.15, -0.1) is 11.3 Å². The fraction of sp³-hybridized carbons (Fsp3) is 0.286. The number of hydrogen-bond acceptors (Lipinski definition) is 4. The summed E-state index contributed by atoms with van der Waals surface area (Å²) in [5.41, 5.74) is 0. The quantitative estimate of drug-likeness (QED) is 0.741. The molecule has 3 nitrogen and oxygen atoms in total. The largest absolute Gasteiger partial charge is 0.299 e. The van der Waals surface area contributed by atoms with Crippen LogP contribution < -0.4 is 0 Å². The Morgan fingerprint density at radius 3 is 2.67 bits per heavy atom. The topological polar surface area (TPSA) is 51.2 Å². The molecule has 0 aliphatic rings. The number of carbonyl (C=O) groups is 1. The average molecular weight is 204 g/mol. The number of sulfone groups is 1. The fourth-order valence-electron chi connectivity index (χ4n) is 0.779. The van der Waals surface area contributed by atoms with Crippen LogP contribution in [0.1, 0.15) is 6.92 Å². The first-order valence-corrected chi connectivity index (χ1v) is 5.81. The molecule has 0 radical (unpaired) electrons. The number of thiophene rings is 1. The van der Waals surface area contributed by atoms with E-state index < -0.39 is 15.6 Å². The van der Waals surface area contributed by atoms with Crippen molar-refractivity contribution in [3.63, 3.8) is 0 Å². The molecule has 0 fully saturated rings. The van der Waals surface area contributed by atoms with E-state index >= 15 is 0 Å². The molecule has 12 heavy (non-hydrogen) atoms. The Hall–Kier alpha value is -0.680. The molecule has 0 N–H and O–H groups in total. The lowest BCUT2D eigenvalue weighted by Crippen LogP contribution is -2.11. The van der Waals surface area contributed by atoms with Gasteiger partial charge in [0.2, 0.25) is 0 Å². The van der Waals surface area contributed by atoms with Crippen LogP contribution in [0.15, 0.2) is 21.7 Å². The fourth-order valence-corrected chi connectivity index (χ4v) is 3.12. The maximum absolute atomic E-state index is 11.3. The van der Waals surface area contributed by atoms with Crippen LogP contribution in [0.2, 0.25) is 0 Å². The molecular formula is C7H8O3S2. The summed E-state index contributed by atoms with van der Waals surface area (Å²) < 4.78 is 22.8. The minimum Gasteiger partial charge on any atom is -0.299 e. The van der Waals surface area contributed by atoms with Crippen LogP contribution in [-0.2, 0) is 14.6 Å². The highest BCUT2D eigenvalue weighted by Crippen LogP contribution is 2.17. The van der Waals surface area contributed by atoms with Crippen LogP contribution >= 0.6 is 11.3 Å². The molecule has 1 aromatic rings. The average Bonchev–Trinajstić information content (AvgIpc) is 2.32. The molecule has 0 saturated carbocycles. The maximum atomic E-state index is 11.3. The van der Waals surface area contributed by atoms with Crippen molar-refractivity contribution in [2.24, 2.45) is 0 Å². The molecule has 0 spiro atoms. The molecule has 5 heteroatoms. The van der Waals surface area contributed by atoms with Crippen LogP contribution in [0.25, 0.3) is 0 Å². The van der Waals surface area contributed by atoms with Gasteiger partial charge < -0.3 is 0 Å². The van der Waals surface area contributed by atoms with Crippen molar-refractivity contribution in [3.8, 4) is 0 Å². The Kier molecular flexibility index (Phi) is 2.64. The molecule has 0 amide bonds. The highest BCUT2D eigenvalue weighted by Gasteiger charge is 2.17. The first kappa shape index (κ1) is 9.41. The summed E-state index contributed by atoms with van der Waals surface area (Å²) in [4.78, 5) is 10.6. The molecule has 1 rings (SSSR count). The van der Waals surface area contributed by atoms with E-state index in [1.165, 1.54) is 13.0 Å². The Morgan fingerprint density at radius 2 is 2.25 bits per heavy atom. The first-order valence-electron chi connectivity index (χ1n) is 3.28. The second-order valence-electron chi connectivity index (χ2n) is 2.39. The number of rotatable bonds is 3. The Balaban J connectivity index is 2.96. The van der Waals surface area contributed by atoms with Crippen molar-refractivity contribution in [1.29, 1.82) is 0 Å². The van der Waals surface area contributed by atoms with E-state index in [1.54, 1.807) is 11.4 Å². The van der Waals surface area contributed by atoms with E-state index in [-0.39, 0.29) is 9.99 Å². The third-order valence-corrected chi connectivity index (χ3v) is 4.44. The van der Waals surface area contributed by atoms with Crippen molar-refractivity contribution in [3.05, 3.63) is 17.5 Å². The van der Waals surface area contributed by atoms with E-state index in [0.717, 1.165) is 11.3 Å². The molecule has 0 atom stereocenters. The lowest BCUT2D eigenvalue weighted by atomic mass is 10.5. The zero-order valence-corrected chi connectivity index (χ0v) is 8.11. The molecule has 0 aliphatic carbocycles. The molecule has 0 unspecified atom stereocenters. The lowest BCUT2D eigenvalue weighted by Gasteiger charge is -1.95. The molecule has 1 heterocycles. The number of Topliss-reactive ketones (excluding diaryl/α,β-unsaturated/α-hetero) is 1. The lowest BCUT2D eigenvalue weighted by molar-refractivity contribution is -0.114. The van der Waals surface area contributed by atoms with Gasteiger partial charge in [0.25, 0.3) is 0 Å². The molecule has 1 aromatic heterocycles. The Labute approximate surface area is 75.0 Å². The van der Waals surface area contributed by atoms with Gasteiger partial charge in [0, 0.05) is 0 Å². The van der Waals surface area contributed by atoms with Gasteiger partial charge in [-0.1, -0.05) is 6.07 Å². The van der Waals surface area contributed by atoms with E-state index in [2.05, 4.69) is 0 Å². The highest BCUT2D eigenvalue weighted by molar-refractivity contribution is 7.94. The molecule has 0 bridgehead atoms. The van der Waals surface area contributed by atoms with Gasteiger partial charge in [0.15, 0.2) is 9.84 Å². The SMILES string of the molecule is CC(=O)CS(=O)(=O)c1cccs1. The van der Waals surface area contributed by atoms with Gasteiger partial charge >= 0.3 is 0 Å². The molecule has 66 valence electrons. The van der Waals surface area contributed by atoms with Crippen molar-refractivity contribution >= 4 is 27.0 Å². The zero-order valence-electron chi connectivity index (χ0n) is 6.48. The van der Waals surface area contributed by atoms with Gasteiger partial charge in [0.1, 0.15) is 15.7 Å². The van der Waals surface area contributed by atoms with Crippen LogP contribution in [0, 0.1) is 0 Å². The van der Waals surface area contributed by atoms with Crippen molar-refractivity contribution in [2.45, 2.75) is 11.1 Å². The summed E-state index contributed by atoms with van der Waals surface area (Å²) in [5.74, 6) is -0.726. The van der Waals surface area contributed by atoms with Crippen LogP contribution in [0.5, 0.6) is 0 Å². The van der Waals surface area contributed by atoms with Crippen molar-refractivity contribution in [1.82, 2.24) is 0 Å². The van der Waals surface area contributed by atoms with Gasteiger partial charge in [-0.25, -0.2) is 8.42 Å². The monoisotopic (exact) mass is 204 g/mol. The van der Waals surface area contributed by atoms with Gasteiger partial charge in [-0.3, -0.25) is 4.79 Å². The summed E-state index contributed by atoms with van der Waals surface area (Å²) in [6.07, 6.45) is 0. The molecule has 0 saturated heterocycles. The summed E-state index contributed by atoms with van der Waals surface area (Å²) >= 11 is 1.13. The predicted molar refractivity (Wildman–Crippen MR) is 47.1 cm³/mol. The summed E-state index contributed by atoms with van der Waals surface area (Å²) in [5, 5.41) is 1.67. The van der Waals surface area contributed by atoms with Crippen LogP contribution in [-0.4, -0.2) is 20.0 Å². The van der Waals surface area contributed by atoms with Crippen molar-refractivity contribution in [2.75, 3.05) is 5.75 Å². The predicted octanol–water partition coefficient (Wildman–Crippen LogP) is 1.11. The summed E-state index contributed by atoms with van der Waals surface area (Å²) in [6, 6.07) is 3.15. The smallest absolute Gasteiger partial charge is 0.194 e. The Morgan fingerprint density at radius 1 is 1.58 bits per heavy atom. The standard InChI is InChI=1S/C7H8O3S2/c1-6(8)5-12(9,10)7-3-2-4-11-7/h2-4H,5H2,1H3. The second kappa shape index (κ2) is 3.37. The van der Waals surface area contributed by atoms with E-state index in [0.29, 0.717) is 0 Å². The number of carbonyl (C=O) groups excluding carboxylic acids is 1. The first-order chi connectivity index (χ1) is 5.52. The number of hydrogen-bond donors (Lipinski definition) is 0. The third-order valence-electron chi connectivity index (χ3n) is 1.19. The number of ketones is 1. The minimum atomic E-state index is -3.35. The Bertz CT molecular complexity index is 361. The summed E-state index contributed by atoms with van der Waals surface area (Å²) in [7, 11) is -3.35. The minimum absolute atomic E-state index is 0.262. The van der Waals surface area contributed by atoms with E-state index in [9.17, 15) is 13.2 Å². The van der Waals surface area contributed by atoms with Crippen LogP contribution in [0.4, 0.5) is 0 Å². The molecule has 0 aromatic carbocycles. The summed E-state index contributed by atoms with van der Waals surface area (Å²) in [6.45, 7) is 1.27. The van der Waals surface area contributed by atoms with Crippen molar-refractivity contribution < 1.29 is 13.2 Å². The highest BCUT2D eigenvalue weighted by atomic mass is 32.2. The maximum Gasteiger partial charge on any atom is 0.194 e. The zero-order chi connectivity index (χ0) is 9.19. The van der Waals surface area contributed by atoms with Crippen LogP contribution in [0.3, 0.4) is 0 Å². The third kappa shape index (κ3) is 2.15. The second-order valence-corrected chi connectivity index (χ2v) is 5.56. The normalized spacial score (nSPS) is 11.4. The van der Waals surface area contributed by atoms with Gasteiger partial charge in [0.05, 0.1) is 0 Å². The van der Waals surface area contributed by atoms with Gasteiger partial charge in [-0.2, -0.15) is 0 Å². The van der Waals surface area contributed by atoms with E-state index in [4.69, 9.17) is 0 Å². The van der Waals surface area contributed by atoms with Gasteiger partial charge in [-0.05, 0) is 18.4 Å². The molecule has 0 aliphatic heterocycles. The van der Waals surface area contributed by atoms with E-state index in [1.807, 2.05) is 0 Å².